The van der Waals surface area contributed by atoms with Gasteiger partial charge < -0.3 is 15.2 Å². The Morgan fingerprint density at radius 3 is 2.72 bits per heavy atom. The second-order valence-corrected chi connectivity index (χ2v) is 5.29. The van der Waals surface area contributed by atoms with Crippen molar-refractivity contribution in [1.29, 1.82) is 0 Å². The maximum absolute atomic E-state index is 10.3. The lowest BCUT2D eigenvalue weighted by atomic mass is 9.94. The smallest absolute Gasteiger partial charge is 0.0860 e. The van der Waals surface area contributed by atoms with Crippen LogP contribution in [0.1, 0.15) is 24.2 Å². The van der Waals surface area contributed by atoms with Gasteiger partial charge in [0.15, 0.2) is 0 Å². The molecular formula is C12H20ClN3O2. The second kappa shape index (κ2) is 5.57. The van der Waals surface area contributed by atoms with Gasteiger partial charge in [0.05, 0.1) is 22.0 Å². The zero-order valence-corrected chi connectivity index (χ0v) is 11.6. The number of halogens is 1. The molecule has 2 rings (SSSR count). The molecule has 0 bridgehead atoms. The highest BCUT2D eigenvalue weighted by Crippen LogP contribution is 2.21. The summed E-state index contributed by atoms with van der Waals surface area (Å²) in [6.07, 6.45) is 1.36. The van der Waals surface area contributed by atoms with E-state index in [9.17, 15) is 5.11 Å². The quantitative estimate of drug-likeness (QED) is 0.860. The Morgan fingerprint density at radius 2 is 2.17 bits per heavy atom. The number of rotatable bonds is 4. The van der Waals surface area contributed by atoms with Crippen molar-refractivity contribution in [3.8, 4) is 0 Å². The van der Waals surface area contributed by atoms with Crippen molar-refractivity contribution in [3.05, 3.63) is 16.4 Å². The first-order chi connectivity index (χ1) is 8.52. The lowest BCUT2D eigenvalue weighted by molar-refractivity contribution is -0.0617. The monoisotopic (exact) mass is 273 g/mol. The van der Waals surface area contributed by atoms with E-state index in [1.54, 1.807) is 4.68 Å². The number of ether oxygens (including phenoxy) is 1. The Kier molecular flexibility index (Phi) is 4.27. The summed E-state index contributed by atoms with van der Waals surface area (Å²) >= 11 is 6.16. The fourth-order valence-corrected chi connectivity index (χ4v) is 2.44. The van der Waals surface area contributed by atoms with Crippen LogP contribution in [0, 0.1) is 6.92 Å². The van der Waals surface area contributed by atoms with Crippen molar-refractivity contribution in [2.24, 2.45) is 7.05 Å². The molecule has 0 radical (unpaired) electrons. The molecule has 1 fully saturated rings. The van der Waals surface area contributed by atoms with Crippen molar-refractivity contribution in [1.82, 2.24) is 15.1 Å². The first-order valence-corrected chi connectivity index (χ1v) is 6.58. The van der Waals surface area contributed by atoms with Crippen LogP contribution in [0.15, 0.2) is 0 Å². The van der Waals surface area contributed by atoms with E-state index in [4.69, 9.17) is 16.3 Å². The number of aromatic nitrogens is 2. The highest BCUT2D eigenvalue weighted by Gasteiger charge is 2.29. The van der Waals surface area contributed by atoms with E-state index in [0.29, 0.717) is 44.2 Å². The zero-order valence-electron chi connectivity index (χ0n) is 10.9. The van der Waals surface area contributed by atoms with Crippen molar-refractivity contribution < 1.29 is 9.84 Å². The molecule has 102 valence electrons. The van der Waals surface area contributed by atoms with E-state index in [0.717, 1.165) is 11.4 Å². The molecule has 5 nitrogen and oxygen atoms in total. The summed E-state index contributed by atoms with van der Waals surface area (Å²) in [5.74, 6) is 0. The molecule has 0 unspecified atom stereocenters. The van der Waals surface area contributed by atoms with Crippen LogP contribution >= 0.6 is 11.6 Å². The molecule has 2 N–H and O–H groups in total. The van der Waals surface area contributed by atoms with Crippen molar-refractivity contribution in [2.75, 3.05) is 19.8 Å². The van der Waals surface area contributed by atoms with E-state index >= 15 is 0 Å². The Labute approximate surface area is 112 Å². The molecule has 0 aliphatic carbocycles. The summed E-state index contributed by atoms with van der Waals surface area (Å²) in [7, 11) is 1.87. The topological polar surface area (TPSA) is 59.3 Å². The standard InChI is InChI=1S/C12H20ClN3O2/c1-9-11(13)10(16(2)15-9)7-14-8-12(17)3-5-18-6-4-12/h14,17H,3-8H2,1-2H3. The van der Waals surface area contributed by atoms with Crippen LogP contribution in [0.4, 0.5) is 0 Å². The van der Waals surface area contributed by atoms with Gasteiger partial charge in [-0.3, -0.25) is 4.68 Å². The van der Waals surface area contributed by atoms with Crippen molar-refractivity contribution >= 4 is 11.6 Å². The third kappa shape index (κ3) is 3.03. The fraction of sp³-hybridized carbons (Fsp3) is 0.750. The molecule has 1 saturated heterocycles. The Hall–Kier alpha value is -0.620. The minimum Gasteiger partial charge on any atom is -0.388 e. The van der Waals surface area contributed by atoms with Gasteiger partial charge in [-0.05, 0) is 6.92 Å². The maximum Gasteiger partial charge on any atom is 0.0860 e. The average molecular weight is 274 g/mol. The number of nitrogens with zero attached hydrogens (tertiary/aromatic N) is 2. The zero-order chi connectivity index (χ0) is 13.2. The molecule has 0 atom stereocenters. The molecule has 0 spiro atoms. The van der Waals surface area contributed by atoms with Gasteiger partial charge in [0.25, 0.3) is 0 Å². The predicted octanol–water partition coefficient (Wildman–Crippen LogP) is 1.01. The third-order valence-electron chi connectivity index (χ3n) is 3.43. The van der Waals surface area contributed by atoms with Crippen LogP contribution in [0.5, 0.6) is 0 Å². The lowest BCUT2D eigenvalue weighted by Gasteiger charge is -2.32. The number of hydrogen-bond donors (Lipinski definition) is 2. The fourth-order valence-electron chi connectivity index (χ4n) is 2.21. The summed E-state index contributed by atoms with van der Waals surface area (Å²) in [4.78, 5) is 0. The molecule has 18 heavy (non-hydrogen) atoms. The van der Waals surface area contributed by atoms with Crippen molar-refractivity contribution in [2.45, 2.75) is 31.9 Å². The molecule has 1 aromatic rings. The maximum atomic E-state index is 10.3. The van der Waals surface area contributed by atoms with E-state index in [2.05, 4.69) is 10.4 Å². The van der Waals surface area contributed by atoms with Gasteiger partial charge in [-0.25, -0.2) is 0 Å². The number of aliphatic hydroxyl groups is 1. The minimum atomic E-state index is -0.654. The first-order valence-electron chi connectivity index (χ1n) is 6.21. The highest BCUT2D eigenvalue weighted by atomic mass is 35.5. The summed E-state index contributed by atoms with van der Waals surface area (Å²) < 4.78 is 7.02. The largest absolute Gasteiger partial charge is 0.388 e. The van der Waals surface area contributed by atoms with Crippen LogP contribution in [0.3, 0.4) is 0 Å². The van der Waals surface area contributed by atoms with Gasteiger partial charge in [-0.2, -0.15) is 5.10 Å². The number of aryl methyl sites for hydroxylation is 2. The number of hydrogen-bond acceptors (Lipinski definition) is 4. The molecule has 1 aromatic heterocycles. The number of nitrogens with one attached hydrogen (secondary N) is 1. The lowest BCUT2D eigenvalue weighted by Crippen LogP contribution is -2.44. The molecule has 0 amide bonds. The highest BCUT2D eigenvalue weighted by molar-refractivity contribution is 6.31. The van der Waals surface area contributed by atoms with Gasteiger partial charge >= 0.3 is 0 Å². The van der Waals surface area contributed by atoms with Gasteiger partial charge in [0, 0.05) is 46.2 Å². The van der Waals surface area contributed by atoms with Crippen LogP contribution in [0.25, 0.3) is 0 Å². The van der Waals surface area contributed by atoms with Gasteiger partial charge in [0.1, 0.15) is 0 Å². The molecule has 1 aliphatic heterocycles. The van der Waals surface area contributed by atoms with E-state index in [-0.39, 0.29) is 0 Å². The average Bonchev–Trinajstić information content (AvgIpc) is 2.56. The van der Waals surface area contributed by atoms with Gasteiger partial charge in [-0.1, -0.05) is 11.6 Å². The van der Waals surface area contributed by atoms with Crippen LogP contribution in [-0.2, 0) is 18.3 Å². The first kappa shape index (κ1) is 13.8. The molecule has 0 aromatic carbocycles. The molecular weight excluding hydrogens is 254 g/mol. The molecule has 0 saturated carbocycles. The van der Waals surface area contributed by atoms with Crippen LogP contribution < -0.4 is 5.32 Å². The second-order valence-electron chi connectivity index (χ2n) is 4.91. The normalized spacial score (nSPS) is 19.1. The molecule has 2 heterocycles. The Balaban J connectivity index is 1.88. The Morgan fingerprint density at radius 1 is 1.50 bits per heavy atom. The van der Waals surface area contributed by atoms with Crippen molar-refractivity contribution in [3.63, 3.8) is 0 Å². The van der Waals surface area contributed by atoms with E-state index in [1.165, 1.54) is 0 Å². The van der Waals surface area contributed by atoms with E-state index in [1.807, 2.05) is 14.0 Å². The summed E-state index contributed by atoms with van der Waals surface area (Å²) in [5.41, 5.74) is 1.13. The summed E-state index contributed by atoms with van der Waals surface area (Å²) in [5, 5.41) is 18.5. The van der Waals surface area contributed by atoms with Gasteiger partial charge in [-0.15, -0.1) is 0 Å². The Bertz CT molecular complexity index is 414. The predicted molar refractivity (Wildman–Crippen MR) is 69.7 cm³/mol. The molecule has 6 heteroatoms. The van der Waals surface area contributed by atoms with E-state index < -0.39 is 5.60 Å². The molecule has 1 aliphatic rings. The van der Waals surface area contributed by atoms with Crippen LogP contribution in [-0.4, -0.2) is 40.2 Å². The SMILES string of the molecule is Cc1nn(C)c(CNCC2(O)CCOCC2)c1Cl. The summed E-state index contributed by atoms with van der Waals surface area (Å²) in [6, 6.07) is 0. The van der Waals surface area contributed by atoms with Gasteiger partial charge in [0.2, 0.25) is 0 Å². The third-order valence-corrected chi connectivity index (χ3v) is 3.92. The van der Waals surface area contributed by atoms with Crippen LogP contribution in [0.2, 0.25) is 5.02 Å². The minimum absolute atomic E-state index is 0.552. The summed E-state index contributed by atoms with van der Waals surface area (Å²) in [6.45, 7) is 4.31.